The Kier molecular flexibility index (Phi) is 16.6. The van der Waals surface area contributed by atoms with Gasteiger partial charge in [-0.2, -0.15) is 12.7 Å². The summed E-state index contributed by atoms with van der Waals surface area (Å²) in [6.07, 6.45) is 8.13. The summed E-state index contributed by atoms with van der Waals surface area (Å²) in [6, 6.07) is -0.803. The molecule has 1 aliphatic heterocycles. The number of rotatable bonds is 20. The molecule has 0 aromatic carbocycles. The molecule has 0 spiro atoms. The van der Waals surface area contributed by atoms with E-state index in [2.05, 4.69) is 22.3 Å². The van der Waals surface area contributed by atoms with E-state index in [0.717, 1.165) is 25.7 Å². The fourth-order valence-electron chi connectivity index (χ4n) is 4.18. The number of hydrogen-bond donors (Lipinski definition) is 4. The maximum Gasteiger partial charge on any atom is 0.304 e. The highest BCUT2D eigenvalue weighted by molar-refractivity contribution is 7.87. The summed E-state index contributed by atoms with van der Waals surface area (Å²) in [5.74, 6) is -2.71. The number of carbonyl (C=O) groups is 3. The van der Waals surface area contributed by atoms with E-state index in [0.29, 0.717) is 39.1 Å². The molecule has 1 aliphatic rings. The van der Waals surface area contributed by atoms with E-state index in [-0.39, 0.29) is 31.3 Å². The van der Waals surface area contributed by atoms with Crippen molar-refractivity contribution in [2.45, 2.75) is 91.0 Å². The smallest absolute Gasteiger partial charge is 0.304 e. The molecule has 0 radical (unpaired) electrons. The zero-order valence-corrected chi connectivity index (χ0v) is 23.6. The quantitative estimate of drug-likeness (QED) is 0.170. The first kappa shape index (κ1) is 33.3. The van der Waals surface area contributed by atoms with E-state index in [9.17, 15) is 27.9 Å². The number of carbonyl (C=O) groups excluding carboxylic acids is 2. The van der Waals surface area contributed by atoms with Crippen LogP contribution in [0.15, 0.2) is 0 Å². The molecule has 1 saturated heterocycles. The molecule has 1 heterocycles. The molecule has 37 heavy (non-hydrogen) atoms. The predicted octanol–water partition coefficient (Wildman–Crippen LogP) is 2.03. The van der Waals surface area contributed by atoms with Crippen LogP contribution in [0.5, 0.6) is 0 Å². The van der Waals surface area contributed by atoms with Gasteiger partial charge < -0.3 is 20.5 Å². The second kappa shape index (κ2) is 18.5. The summed E-state index contributed by atoms with van der Waals surface area (Å²) in [6.45, 7) is 7.53. The van der Waals surface area contributed by atoms with Gasteiger partial charge in [0.05, 0.1) is 19.6 Å². The van der Waals surface area contributed by atoms with Gasteiger partial charge in [-0.05, 0) is 18.8 Å². The molecule has 0 bridgehead atoms. The summed E-state index contributed by atoms with van der Waals surface area (Å²) in [5, 5.41) is 14.8. The topological polar surface area (TPSA) is 154 Å². The standard InChI is InChI=1S/C25H48N4O7S/c1-4-5-6-7-8-9-10-12-21(19-22(30)31)24(32)28-23(20(2)3)25(33)26-13-11-14-27-37(34,35)29-15-17-36-18-16-29/h20-21,23,27H,4-19H2,1-3H3,(H,26,33)(H,28,32)(H,30,31)/t21-,23+/m0/s1. The molecule has 1 fully saturated rings. The lowest BCUT2D eigenvalue weighted by Gasteiger charge is -2.26. The Bertz CT molecular complexity index is 786. The van der Waals surface area contributed by atoms with Gasteiger partial charge in [-0.25, -0.2) is 4.72 Å². The number of aliphatic carboxylic acids is 1. The summed E-state index contributed by atoms with van der Waals surface area (Å²) < 4.78 is 33.6. The van der Waals surface area contributed by atoms with Crippen molar-refractivity contribution in [3.05, 3.63) is 0 Å². The lowest BCUT2D eigenvalue weighted by molar-refractivity contribution is -0.141. The van der Waals surface area contributed by atoms with Crippen molar-refractivity contribution in [3.63, 3.8) is 0 Å². The molecule has 4 N–H and O–H groups in total. The summed E-state index contributed by atoms with van der Waals surface area (Å²) >= 11 is 0. The molecule has 12 heteroatoms. The average molecular weight is 549 g/mol. The maximum absolute atomic E-state index is 12.9. The van der Waals surface area contributed by atoms with Crippen molar-refractivity contribution in [2.75, 3.05) is 39.4 Å². The molecular weight excluding hydrogens is 500 g/mol. The summed E-state index contributed by atoms with van der Waals surface area (Å²) in [7, 11) is -3.58. The van der Waals surface area contributed by atoms with Crippen LogP contribution in [0.2, 0.25) is 0 Å². The Labute approximate surface area is 222 Å². The van der Waals surface area contributed by atoms with E-state index < -0.39 is 34.0 Å². The van der Waals surface area contributed by atoms with Crippen molar-refractivity contribution in [1.29, 1.82) is 0 Å². The number of ether oxygens (including phenoxy) is 1. The van der Waals surface area contributed by atoms with Crippen LogP contribution < -0.4 is 15.4 Å². The molecule has 0 aliphatic carbocycles. The Balaban J connectivity index is 2.47. The first-order valence-electron chi connectivity index (χ1n) is 13.7. The normalized spacial score (nSPS) is 16.3. The second-order valence-electron chi connectivity index (χ2n) is 9.99. The van der Waals surface area contributed by atoms with E-state index in [1.807, 2.05) is 13.8 Å². The van der Waals surface area contributed by atoms with E-state index in [1.54, 1.807) is 0 Å². The van der Waals surface area contributed by atoms with Gasteiger partial charge in [0.2, 0.25) is 11.8 Å². The van der Waals surface area contributed by atoms with Crippen molar-refractivity contribution in [1.82, 2.24) is 19.7 Å². The highest BCUT2D eigenvalue weighted by Gasteiger charge is 2.29. The molecular formula is C25H48N4O7S. The Morgan fingerprint density at radius 2 is 1.54 bits per heavy atom. The van der Waals surface area contributed by atoms with E-state index in [1.165, 1.54) is 23.6 Å². The van der Waals surface area contributed by atoms with Gasteiger partial charge in [0.1, 0.15) is 6.04 Å². The van der Waals surface area contributed by atoms with Crippen LogP contribution in [-0.2, 0) is 29.3 Å². The third-order valence-electron chi connectivity index (χ3n) is 6.44. The molecule has 0 aromatic heterocycles. The first-order valence-corrected chi connectivity index (χ1v) is 15.1. The van der Waals surface area contributed by atoms with Crippen LogP contribution in [0.1, 0.15) is 85.0 Å². The van der Waals surface area contributed by atoms with Gasteiger partial charge in [0.15, 0.2) is 0 Å². The molecule has 11 nitrogen and oxygen atoms in total. The van der Waals surface area contributed by atoms with Gasteiger partial charge in [0.25, 0.3) is 10.2 Å². The van der Waals surface area contributed by atoms with Crippen molar-refractivity contribution in [2.24, 2.45) is 11.8 Å². The molecule has 0 saturated carbocycles. The SMILES string of the molecule is CCCCCCCCC[C@@H](CC(=O)O)C(=O)N[C@@H](C(=O)NCCCNS(=O)(=O)N1CCOCC1)C(C)C. The van der Waals surface area contributed by atoms with Crippen LogP contribution in [0.4, 0.5) is 0 Å². The Morgan fingerprint density at radius 3 is 2.14 bits per heavy atom. The van der Waals surface area contributed by atoms with Crippen LogP contribution in [0.25, 0.3) is 0 Å². The number of nitrogens with one attached hydrogen (secondary N) is 3. The van der Waals surface area contributed by atoms with Gasteiger partial charge >= 0.3 is 5.97 Å². The Morgan fingerprint density at radius 1 is 0.919 bits per heavy atom. The second-order valence-corrected chi connectivity index (χ2v) is 11.7. The van der Waals surface area contributed by atoms with Crippen LogP contribution in [0.3, 0.4) is 0 Å². The lowest BCUT2D eigenvalue weighted by atomic mass is 9.94. The number of amides is 2. The lowest BCUT2D eigenvalue weighted by Crippen LogP contribution is -2.51. The van der Waals surface area contributed by atoms with Crippen LogP contribution in [0, 0.1) is 11.8 Å². The van der Waals surface area contributed by atoms with Gasteiger partial charge in [-0.1, -0.05) is 65.7 Å². The van der Waals surface area contributed by atoms with Crippen molar-refractivity contribution < 1.29 is 32.6 Å². The molecule has 1 rings (SSSR count). The maximum atomic E-state index is 12.9. The zero-order valence-electron chi connectivity index (χ0n) is 22.8. The monoisotopic (exact) mass is 548 g/mol. The van der Waals surface area contributed by atoms with E-state index >= 15 is 0 Å². The highest BCUT2D eigenvalue weighted by Crippen LogP contribution is 2.17. The highest BCUT2D eigenvalue weighted by atomic mass is 32.2. The van der Waals surface area contributed by atoms with Crippen molar-refractivity contribution >= 4 is 28.0 Å². The van der Waals surface area contributed by atoms with Crippen LogP contribution in [-0.4, -0.2) is 81.0 Å². The third kappa shape index (κ3) is 14.1. The molecule has 0 unspecified atom stereocenters. The predicted molar refractivity (Wildman–Crippen MR) is 142 cm³/mol. The van der Waals surface area contributed by atoms with Gasteiger partial charge in [-0.3, -0.25) is 14.4 Å². The van der Waals surface area contributed by atoms with Crippen LogP contribution >= 0.6 is 0 Å². The number of carboxylic acids is 1. The number of morpholine rings is 1. The molecule has 216 valence electrons. The van der Waals surface area contributed by atoms with E-state index in [4.69, 9.17) is 4.74 Å². The number of nitrogens with zero attached hydrogens (tertiary/aromatic N) is 1. The summed E-state index contributed by atoms with van der Waals surface area (Å²) in [5.41, 5.74) is 0. The molecule has 0 aromatic rings. The molecule has 2 atom stereocenters. The fraction of sp³-hybridized carbons (Fsp3) is 0.880. The Hall–Kier alpha value is -1.76. The minimum absolute atomic E-state index is 0.164. The largest absolute Gasteiger partial charge is 0.481 e. The summed E-state index contributed by atoms with van der Waals surface area (Å²) in [4.78, 5) is 37.0. The van der Waals surface area contributed by atoms with Crippen molar-refractivity contribution in [3.8, 4) is 0 Å². The van der Waals surface area contributed by atoms with Gasteiger partial charge in [0, 0.05) is 32.1 Å². The minimum Gasteiger partial charge on any atom is -0.481 e. The fourth-order valence-corrected chi connectivity index (χ4v) is 5.39. The number of hydrogen-bond acceptors (Lipinski definition) is 6. The first-order chi connectivity index (χ1) is 17.6. The van der Waals surface area contributed by atoms with Gasteiger partial charge in [-0.15, -0.1) is 0 Å². The zero-order chi connectivity index (χ0) is 27.7. The number of carboxylic acid groups (broad SMARTS) is 1. The average Bonchev–Trinajstić information content (AvgIpc) is 2.85. The molecule has 2 amide bonds. The number of unbranched alkanes of at least 4 members (excludes halogenated alkanes) is 6. The third-order valence-corrected chi connectivity index (χ3v) is 8.06. The minimum atomic E-state index is -3.58.